The van der Waals surface area contributed by atoms with Gasteiger partial charge in [-0.2, -0.15) is 0 Å². The molecule has 4 heteroatoms. The van der Waals surface area contributed by atoms with Crippen LogP contribution in [0.3, 0.4) is 0 Å². The Kier molecular flexibility index (Phi) is 3.49. The van der Waals surface area contributed by atoms with Gasteiger partial charge >= 0.3 is 0 Å². The van der Waals surface area contributed by atoms with Crippen LogP contribution in [0.2, 0.25) is 0 Å². The van der Waals surface area contributed by atoms with Crippen LogP contribution in [0.4, 0.5) is 0 Å². The summed E-state index contributed by atoms with van der Waals surface area (Å²) in [6.45, 7) is 0.980. The maximum absolute atomic E-state index is 4.22. The van der Waals surface area contributed by atoms with Gasteiger partial charge in [-0.1, -0.05) is 42.5 Å². The van der Waals surface area contributed by atoms with Gasteiger partial charge < -0.3 is 4.57 Å². The summed E-state index contributed by atoms with van der Waals surface area (Å²) in [5.74, 6) is 2.44. The van der Waals surface area contributed by atoms with Crippen molar-refractivity contribution in [3.05, 3.63) is 77.9 Å². The highest BCUT2D eigenvalue weighted by Crippen LogP contribution is 2.54. The van der Waals surface area contributed by atoms with Crippen LogP contribution >= 0.6 is 23.5 Å². The number of rotatable bonds is 3. The van der Waals surface area contributed by atoms with Gasteiger partial charge in [-0.25, -0.2) is 4.98 Å². The summed E-state index contributed by atoms with van der Waals surface area (Å²) in [5, 5.41) is 0. The molecule has 1 aliphatic carbocycles. The number of benzene rings is 2. The highest BCUT2D eigenvalue weighted by atomic mass is 32.2. The summed E-state index contributed by atoms with van der Waals surface area (Å²) in [7, 11) is 0. The SMILES string of the molecule is c1ccc2c(c1)Cc1cc(C3(Cn4ccnc4)SCCS3)ccc1-2. The Morgan fingerprint density at radius 1 is 1.00 bits per heavy atom. The first kappa shape index (κ1) is 14.7. The number of imidazole rings is 1. The number of thioether (sulfide) groups is 2. The molecular formula is C20H18N2S2. The van der Waals surface area contributed by atoms with Gasteiger partial charge in [0.15, 0.2) is 0 Å². The maximum Gasteiger partial charge on any atom is 0.104 e. The second-order valence-corrected chi connectivity index (χ2v) is 9.44. The van der Waals surface area contributed by atoms with Crippen LogP contribution in [-0.2, 0) is 17.0 Å². The lowest BCUT2D eigenvalue weighted by Crippen LogP contribution is -2.22. The zero-order valence-electron chi connectivity index (χ0n) is 13.3. The summed E-state index contributed by atoms with van der Waals surface area (Å²) in [6.07, 6.45) is 6.95. The smallest absolute Gasteiger partial charge is 0.104 e. The first-order valence-electron chi connectivity index (χ1n) is 8.29. The molecule has 0 radical (unpaired) electrons. The summed E-state index contributed by atoms with van der Waals surface area (Å²) in [6, 6.07) is 15.9. The molecule has 5 rings (SSSR count). The predicted molar refractivity (Wildman–Crippen MR) is 104 cm³/mol. The molecule has 0 unspecified atom stereocenters. The first-order valence-corrected chi connectivity index (χ1v) is 10.3. The molecule has 2 heterocycles. The number of hydrogen-bond donors (Lipinski definition) is 0. The highest BCUT2D eigenvalue weighted by Gasteiger charge is 2.38. The lowest BCUT2D eigenvalue weighted by Gasteiger charge is -2.29. The van der Waals surface area contributed by atoms with E-state index in [9.17, 15) is 0 Å². The Labute approximate surface area is 150 Å². The molecule has 3 aromatic rings. The number of aromatic nitrogens is 2. The van der Waals surface area contributed by atoms with Gasteiger partial charge in [0.25, 0.3) is 0 Å². The van der Waals surface area contributed by atoms with Crippen LogP contribution in [-0.4, -0.2) is 21.1 Å². The summed E-state index contributed by atoms with van der Waals surface area (Å²) < 4.78 is 2.33. The Bertz CT molecular complexity index is 880. The zero-order chi connectivity index (χ0) is 16.0. The fourth-order valence-corrected chi connectivity index (χ4v) is 7.03. The van der Waals surface area contributed by atoms with Crippen molar-refractivity contribution in [1.29, 1.82) is 0 Å². The molecule has 24 heavy (non-hydrogen) atoms. The Hall–Kier alpha value is -1.65. The van der Waals surface area contributed by atoms with Gasteiger partial charge in [0.2, 0.25) is 0 Å². The molecule has 2 nitrogen and oxygen atoms in total. The monoisotopic (exact) mass is 350 g/mol. The highest BCUT2D eigenvalue weighted by molar-refractivity contribution is 8.20. The quantitative estimate of drug-likeness (QED) is 0.529. The lowest BCUT2D eigenvalue weighted by molar-refractivity contribution is 0.652. The average molecular weight is 351 g/mol. The molecule has 0 saturated carbocycles. The minimum absolute atomic E-state index is 0.116. The predicted octanol–water partition coefficient (Wildman–Crippen LogP) is 4.79. The second-order valence-electron chi connectivity index (χ2n) is 6.39. The van der Waals surface area contributed by atoms with Gasteiger partial charge in [0.05, 0.1) is 12.9 Å². The van der Waals surface area contributed by atoms with Gasteiger partial charge in [-0.3, -0.25) is 0 Å². The second kappa shape index (κ2) is 5.71. The average Bonchev–Trinajstić information content (AvgIpc) is 3.34. The first-order chi connectivity index (χ1) is 11.8. The molecule has 1 aromatic heterocycles. The molecule has 0 atom stereocenters. The van der Waals surface area contributed by atoms with Crippen molar-refractivity contribution >= 4 is 23.5 Å². The molecular weight excluding hydrogens is 332 g/mol. The van der Waals surface area contributed by atoms with E-state index in [1.165, 1.54) is 39.3 Å². The molecule has 120 valence electrons. The third-order valence-corrected chi connectivity index (χ3v) is 8.38. The van der Waals surface area contributed by atoms with Gasteiger partial charge in [0, 0.05) is 23.9 Å². The summed E-state index contributed by atoms with van der Waals surface area (Å²) in [4.78, 5) is 4.22. The van der Waals surface area contributed by atoms with Crippen molar-refractivity contribution < 1.29 is 0 Å². The largest absolute Gasteiger partial charge is 0.335 e. The number of hydrogen-bond acceptors (Lipinski definition) is 3. The van der Waals surface area contributed by atoms with E-state index in [-0.39, 0.29) is 4.08 Å². The third-order valence-electron chi connectivity index (χ3n) is 4.94. The third kappa shape index (κ3) is 2.32. The molecule has 2 aliphatic rings. The Morgan fingerprint density at radius 3 is 2.67 bits per heavy atom. The van der Waals surface area contributed by atoms with Gasteiger partial charge in [-0.15, -0.1) is 23.5 Å². The van der Waals surface area contributed by atoms with E-state index >= 15 is 0 Å². The van der Waals surface area contributed by atoms with Crippen LogP contribution < -0.4 is 0 Å². The van der Waals surface area contributed by atoms with Crippen LogP contribution in [0.1, 0.15) is 16.7 Å². The zero-order valence-corrected chi connectivity index (χ0v) is 14.9. The van der Waals surface area contributed by atoms with Crippen molar-refractivity contribution in [2.24, 2.45) is 0 Å². The molecule has 0 bridgehead atoms. The molecule has 0 spiro atoms. The van der Waals surface area contributed by atoms with E-state index in [0.29, 0.717) is 0 Å². The summed E-state index contributed by atoms with van der Waals surface area (Å²) in [5.41, 5.74) is 7.22. The minimum Gasteiger partial charge on any atom is -0.335 e. The normalized spacial score (nSPS) is 17.7. The van der Waals surface area contributed by atoms with Crippen molar-refractivity contribution in [1.82, 2.24) is 9.55 Å². The fraction of sp³-hybridized carbons (Fsp3) is 0.250. The number of nitrogens with zero attached hydrogens (tertiary/aromatic N) is 2. The summed E-state index contributed by atoms with van der Waals surface area (Å²) >= 11 is 4.17. The molecule has 1 aliphatic heterocycles. The van der Waals surface area contributed by atoms with Crippen LogP contribution in [0, 0.1) is 0 Å². The van der Waals surface area contributed by atoms with Crippen molar-refractivity contribution in [3.8, 4) is 11.1 Å². The van der Waals surface area contributed by atoms with E-state index in [4.69, 9.17) is 0 Å². The van der Waals surface area contributed by atoms with Crippen molar-refractivity contribution in [2.75, 3.05) is 11.5 Å². The van der Waals surface area contributed by atoms with Crippen LogP contribution in [0.25, 0.3) is 11.1 Å². The molecule has 1 fully saturated rings. The standard InChI is InChI=1S/C20H18N2S2/c1-2-4-18-15(3-1)11-16-12-17(5-6-19(16)18)20(23-9-10-24-20)13-22-8-7-21-14-22/h1-8,12,14H,9-11,13H2. The molecule has 0 N–H and O–H groups in total. The maximum atomic E-state index is 4.22. The van der Waals surface area contributed by atoms with E-state index in [1.54, 1.807) is 0 Å². The van der Waals surface area contributed by atoms with E-state index in [2.05, 4.69) is 81.7 Å². The van der Waals surface area contributed by atoms with Gasteiger partial charge in [-0.05, 0) is 34.2 Å². The van der Waals surface area contributed by atoms with Crippen LogP contribution in [0.15, 0.2) is 61.2 Å². The Morgan fingerprint density at radius 2 is 1.83 bits per heavy atom. The molecule has 1 saturated heterocycles. The minimum atomic E-state index is 0.116. The molecule has 0 amide bonds. The van der Waals surface area contributed by atoms with E-state index in [1.807, 2.05) is 12.5 Å². The van der Waals surface area contributed by atoms with Crippen molar-refractivity contribution in [2.45, 2.75) is 17.0 Å². The topological polar surface area (TPSA) is 17.8 Å². The number of fused-ring (bicyclic) bond motifs is 3. The van der Waals surface area contributed by atoms with Crippen LogP contribution in [0.5, 0.6) is 0 Å². The van der Waals surface area contributed by atoms with Crippen molar-refractivity contribution in [3.63, 3.8) is 0 Å². The Balaban J connectivity index is 1.55. The molecule has 2 aromatic carbocycles. The fourth-order valence-electron chi connectivity index (χ4n) is 3.81. The van der Waals surface area contributed by atoms with Gasteiger partial charge in [0.1, 0.15) is 4.08 Å². The van der Waals surface area contributed by atoms with E-state index in [0.717, 1.165) is 13.0 Å². The van der Waals surface area contributed by atoms with E-state index < -0.39 is 0 Å². The lowest BCUT2D eigenvalue weighted by atomic mass is 10.0.